The SMILES string of the molecule is c1ccc(-c2c3ccccc3c(-c3ccc4oc5cccc(-c6c7ccccc7c(-c7ccc8c(c7)c7ccccc7n8-c7ccccc7)c7ccccc67)c5c4c3)c3ccccc23)cc1. The van der Waals surface area contributed by atoms with Crippen LogP contribution in [0.25, 0.3) is 137 Å². The molecule has 0 unspecified atom stereocenters. The van der Waals surface area contributed by atoms with Crippen LogP contribution >= 0.6 is 0 Å². The summed E-state index contributed by atoms with van der Waals surface area (Å²) in [6, 6.07) is 86.4. The second-order valence-corrected chi connectivity index (χ2v) is 17.5. The Morgan fingerprint density at radius 2 is 0.697 bits per heavy atom. The van der Waals surface area contributed by atoms with Gasteiger partial charge in [-0.3, -0.25) is 0 Å². The molecule has 0 aliphatic rings. The van der Waals surface area contributed by atoms with Crippen LogP contribution in [0.4, 0.5) is 0 Å². The van der Waals surface area contributed by atoms with Gasteiger partial charge in [-0.15, -0.1) is 0 Å². The van der Waals surface area contributed by atoms with Gasteiger partial charge in [0.2, 0.25) is 0 Å². The van der Waals surface area contributed by atoms with E-state index in [1.807, 2.05) is 0 Å². The third kappa shape index (κ3) is 5.36. The Labute approximate surface area is 380 Å². The zero-order chi connectivity index (χ0) is 43.3. The molecule has 0 radical (unpaired) electrons. The molecule has 0 aliphatic heterocycles. The first-order valence-electron chi connectivity index (χ1n) is 22.8. The van der Waals surface area contributed by atoms with Crippen LogP contribution in [0.1, 0.15) is 0 Å². The molecule has 0 fully saturated rings. The van der Waals surface area contributed by atoms with Gasteiger partial charge in [-0.1, -0.05) is 188 Å². The lowest BCUT2D eigenvalue weighted by Crippen LogP contribution is -1.93. The molecule has 306 valence electrons. The Bertz CT molecular complexity index is 4160. The Kier molecular flexibility index (Phi) is 8.02. The minimum absolute atomic E-state index is 0.879. The second-order valence-electron chi connectivity index (χ2n) is 17.5. The molecule has 0 bridgehead atoms. The summed E-state index contributed by atoms with van der Waals surface area (Å²) in [6.07, 6.45) is 0. The summed E-state index contributed by atoms with van der Waals surface area (Å²) in [4.78, 5) is 0. The van der Waals surface area contributed by atoms with Gasteiger partial charge in [0, 0.05) is 27.2 Å². The van der Waals surface area contributed by atoms with E-state index < -0.39 is 0 Å². The molecule has 2 aromatic heterocycles. The fourth-order valence-corrected chi connectivity index (χ4v) is 11.3. The Balaban J connectivity index is 1.02. The number of para-hydroxylation sites is 2. The summed E-state index contributed by atoms with van der Waals surface area (Å²) >= 11 is 0. The molecule has 0 aliphatic carbocycles. The van der Waals surface area contributed by atoms with Crippen molar-refractivity contribution in [1.29, 1.82) is 0 Å². The van der Waals surface area contributed by atoms with E-state index in [4.69, 9.17) is 4.42 Å². The van der Waals surface area contributed by atoms with Gasteiger partial charge in [0.1, 0.15) is 11.2 Å². The quantitative estimate of drug-likeness (QED) is 0.158. The van der Waals surface area contributed by atoms with Crippen LogP contribution in [0.2, 0.25) is 0 Å². The van der Waals surface area contributed by atoms with E-state index in [1.54, 1.807) is 0 Å². The fraction of sp³-hybridized carbons (Fsp3) is 0. The average molecular weight is 838 g/mol. The number of furan rings is 1. The molecule has 2 heterocycles. The third-order valence-electron chi connectivity index (χ3n) is 14.0. The number of rotatable bonds is 5. The average Bonchev–Trinajstić information content (AvgIpc) is 3.93. The number of fused-ring (bicyclic) bond motifs is 10. The van der Waals surface area contributed by atoms with Crippen molar-refractivity contribution in [2.45, 2.75) is 0 Å². The summed E-state index contributed by atoms with van der Waals surface area (Å²) in [5, 5.41) is 14.5. The number of aromatic nitrogens is 1. The molecule has 2 heteroatoms. The largest absolute Gasteiger partial charge is 0.456 e. The van der Waals surface area contributed by atoms with Gasteiger partial charge in [0.25, 0.3) is 0 Å². The minimum atomic E-state index is 0.879. The number of nitrogens with zero attached hydrogens (tertiary/aromatic N) is 1. The zero-order valence-corrected chi connectivity index (χ0v) is 35.9. The Morgan fingerprint density at radius 3 is 1.27 bits per heavy atom. The molecular formula is C64H39NO. The van der Waals surface area contributed by atoms with Crippen LogP contribution in [0.5, 0.6) is 0 Å². The first kappa shape index (κ1) is 36.7. The van der Waals surface area contributed by atoms with E-state index in [1.165, 1.54) is 104 Å². The summed E-state index contributed by atoms with van der Waals surface area (Å²) in [5.74, 6) is 0. The van der Waals surface area contributed by atoms with Crippen molar-refractivity contribution >= 4 is 86.8 Å². The molecule has 14 rings (SSSR count). The van der Waals surface area contributed by atoms with Gasteiger partial charge < -0.3 is 8.98 Å². The molecule has 66 heavy (non-hydrogen) atoms. The van der Waals surface area contributed by atoms with Crippen molar-refractivity contribution in [3.8, 4) is 50.2 Å². The lowest BCUT2D eigenvalue weighted by atomic mass is 9.84. The van der Waals surface area contributed by atoms with Crippen LogP contribution in [0, 0.1) is 0 Å². The van der Waals surface area contributed by atoms with Crippen molar-refractivity contribution in [3.63, 3.8) is 0 Å². The topological polar surface area (TPSA) is 18.1 Å². The van der Waals surface area contributed by atoms with Gasteiger partial charge in [-0.25, -0.2) is 0 Å². The van der Waals surface area contributed by atoms with Crippen LogP contribution in [0.3, 0.4) is 0 Å². The van der Waals surface area contributed by atoms with Crippen LogP contribution in [-0.2, 0) is 0 Å². The second kappa shape index (κ2) is 14.4. The fourth-order valence-electron chi connectivity index (χ4n) is 11.3. The van der Waals surface area contributed by atoms with Crippen molar-refractivity contribution in [3.05, 3.63) is 237 Å². The standard InChI is InChI=1S/C64H39NO/c1-3-18-40(19-4-1)60-45-23-7-9-25-47(45)62(48-26-10-8-24-46(48)60)42-35-37-58-55(39-42)64-53(31-17-33-59(64)66-58)63-51-29-13-11-27-49(51)61(50-28-12-14-30-52(50)63)41-34-36-57-54(38-41)44-22-15-16-32-56(44)65(57)43-20-5-2-6-21-43/h1-39H. The number of hydrogen-bond donors (Lipinski definition) is 0. The predicted octanol–water partition coefficient (Wildman–Crippen LogP) is 18.0. The molecule has 0 saturated heterocycles. The molecule has 14 aromatic rings. The molecule has 12 aromatic carbocycles. The maximum Gasteiger partial charge on any atom is 0.136 e. The third-order valence-corrected chi connectivity index (χ3v) is 14.0. The molecule has 0 N–H and O–H groups in total. The van der Waals surface area contributed by atoms with Crippen molar-refractivity contribution in [1.82, 2.24) is 4.57 Å². The lowest BCUT2D eigenvalue weighted by Gasteiger charge is -2.19. The molecule has 0 saturated carbocycles. The normalized spacial score (nSPS) is 11.9. The van der Waals surface area contributed by atoms with E-state index in [0.29, 0.717) is 0 Å². The highest BCUT2D eigenvalue weighted by Gasteiger charge is 2.23. The van der Waals surface area contributed by atoms with Crippen molar-refractivity contribution in [2.75, 3.05) is 0 Å². The highest BCUT2D eigenvalue weighted by molar-refractivity contribution is 6.27. The van der Waals surface area contributed by atoms with E-state index >= 15 is 0 Å². The maximum absolute atomic E-state index is 6.78. The van der Waals surface area contributed by atoms with E-state index in [-0.39, 0.29) is 0 Å². The predicted molar refractivity (Wildman–Crippen MR) is 280 cm³/mol. The van der Waals surface area contributed by atoms with Crippen LogP contribution < -0.4 is 0 Å². The van der Waals surface area contributed by atoms with Crippen LogP contribution in [0.15, 0.2) is 241 Å². The molecule has 0 atom stereocenters. The van der Waals surface area contributed by atoms with Crippen LogP contribution in [-0.4, -0.2) is 4.57 Å². The first-order valence-corrected chi connectivity index (χ1v) is 22.8. The van der Waals surface area contributed by atoms with Gasteiger partial charge >= 0.3 is 0 Å². The van der Waals surface area contributed by atoms with Gasteiger partial charge in [0.15, 0.2) is 0 Å². The summed E-state index contributed by atoms with van der Waals surface area (Å²) < 4.78 is 9.17. The number of hydrogen-bond acceptors (Lipinski definition) is 1. The van der Waals surface area contributed by atoms with Crippen molar-refractivity contribution in [2.24, 2.45) is 0 Å². The van der Waals surface area contributed by atoms with E-state index in [9.17, 15) is 0 Å². The summed E-state index contributed by atoms with van der Waals surface area (Å²) in [5.41, 5.74) is 15.0. The zero-order valence-electron chi connectivity index (χ0n) is 35.9. The molecule has 0 spiro atoms. The minimum Gasteiger partial charge on any atom is -0.456 e. The van der Waals surface area contributed by atoms with Gasteiger partial charge in [-0.05, 0) is 136 Å². The smallest absolute Gasteiger partial charge is 0.136 e. The summed E-state index contributed by atoms with van der Waals surface area (Å²) in [7, 11) is 0. The lowest BCUT2D eigenvalue weighted by molar-refractivity contribution is 0.669. The van der Waals surface area contributed by atoms with E-state index in [2.05, 4.69) is 241 Å². The monoisotopic (exact) mass is 837 g/mol. The highest BCUT2D eigenvalue weighted by atomic mass is 16.3. The van der Waals surface area contributed by atoms with Gasteiger partial charge in [0.05, 0.1) is 11.0 Å². The van der Waals surface area contributed by atoms with Crippen molar-refractivity contribution < 1.29 is 4.42 Å². The highest BCUT2D eigenvalue weighted by Crippen LogP contribution is 2.49. The number of benzene rings is 12. The summed E-state index contributed by atoms with van der Waals surface area (Å²) in [6.45, 7) is 0. The Morgan fingerprint density at radius 1 is 0.258 bits per heavy atom. The molecule has 2 nitrogen and oxygen atoms in total. The first-order chi connectivity index (χ1) is 32.8. The maximum atomic E-state index is 6.78. The molecular weight excluding hydrogens is 799 g/mol. The Hall–Kier alpha value is -8.72. The van der Waals surface area contributed by atoms with E-state index in [0.717, 1.165) is 33.2 Å². The van der Waals surface area contributed by atoms with Gasteiger partial charge in [-0.2, -0.15) is 0 Å². The molecule has 0 amide bonds.